The molecule has 0 saturated carbocycles. The average molecular weight is 189 g/mol. The van der Waals surface area contributed by atoms with Crippen LogP contribution in [0.5, 0.6) is 5.75 Å². The zero-order valence-corrected chi connectivity index (χ0v) is 7.73. The first-order valence-electron chi connectivity index (χ1n) is 4.62. The summed E-state index contributed by atoms with van der Waals surface area (Å²) in [6, 6.07) is 7.65. The number of aliphatic hydroxyl groups excluding tert-OH is 1. The van der Waals surface area contributed by atoms with E-state index in [4.69, 9.17) is 10.00 Å². The van der Waals surface area contributed by atoms with Gasteiger partial charge in [0, 0.05) is 12.0 Å². The van der Waals surface area contributed by atoms with Gasteiger partial charge in [-0.15, -0.1) is 0 Å². The second-order valence-corrected chi connectivity index (χ2v) is 3.31. The van der Waals surface area contributed by atoms with Crippen LogP contribution < -0.4 is 4.74 Å². The smallest absolute Gasteiger partial charge is 0.128 e. The Labute approximate surface area is 82.6 Å². The van der Waals surface area contributed by atoms with Crippen LogP contribution in [0.2, 0.25) is 0 Å². The van der Waals surface area contributed by atoms with Crippen molar-refractivity contribution >= 4 is 0 Å². The van der Waals surface area contributed by atoms with E-state index in [1.165, 1.54) is 0 Å². The second kappa shape index (κ2) is 3.69. The Bertz CT molecular complexity index is 381. The van der Waals surface area contributed by atoms with Crippen molar-refractivity contribution in [3.05, 3.63) is 29.3 Å². The van der Waals surface area contributed by atoms with Gasteiger partial charge in [0.25, 0.3) is 0 Å². The van der Waals surface area contributed by atoms with Gasteiger partial charge in [-0.3, -0.25) is 0 Å². The maximum Gasteiger partial charge on any atom is 0.128 e. The van der Waals surface area contributed by atoms with Gasteiger partial charge in [-0.2, -0.15) is 5.26 Å². The fourth-order valence-corrected chi connectivity index (χ4v) is 1.70. The molecule has 0 radical (unpaired) electrons. The molecule has 1 heterocycles. The van der Waals surface area contributed by atoms with E-state index in [9.17, 15) is 5.11 Å². The van der Waals surface area contributed by atoms with E-state index in [1.54, 1.807) is 0 Å². The summed E-state index contributed by atoms with van der Waals surface area (Å²) in [6.45, 7) is 0.672. The molecule has 72 valence electrons. The van der Waals surface area contributed by atoms with Gasteiger partial charge in [0.2, 0.25) is 0 Å². The number of hydrogen-bond donors (Lipinski definition) is 1. The van der Waals surface area contributed by atoms with E-state index >= 15 is 0 Å². The molecule has 0 amide bonds. The molecule has 1 unspecified atom stereocenters. The third kappa shape index (κ3) is 1.45. The van der Waals surface area contributed by atoms with Gasteiger partial charge in [0.15, 0.2) is 0 Å². The Morgan fingerprint density at radius 1 is 1.57 bits per heavy atom. The van der Waals surface area contributed by atoms with E-state index < -0.39 is 6.10 Å². The van der Waals surface area contributed by atoms with E-state index in [0.717, 1.165) is 23.3 Å². The van der Waals surface area contributed by atoms with Crippen LogP contribution in [-0.2, 0) is 6.42 Å². The normalized spacial score (nSPS) is 15.4. The molecule has 2 rings (SSSR count). The molecule has 1 aliphatic rings. The minimum atomic E-state index is -0.729. The molecule has 14 heavy (non-hydrogen) atoms. The summed E-state index contributed by atoms with van der Waals surface area (Å²) >= 11 is 0. The minimum absolute atomic E-state index is 0.111. The summed E-state index contributed by atoms with van der Waals surface area (Å²) in [7, 11) is 0. The molecular weight excluding hydrogens is 178 g/mol. The highest BCUT2D eigenvalue weighted by Gasteiger charge is 2.20. The molecule has 0 aromatic heterocycles. The third-order valence-electron chi connectivity index (χ3n) is 2.39. The Balaban J connectivity index is 2.35. The molecule has 1 aromatic rings. The first-order valence-corrected chi connectivity index (χ1v) is 4.62. The lowest BCUT2D eigenvalue weighted by Gasteiger charge is -2.11. The first kappa shape index (κ1) is 9.04. The first-order chi connectivity index (χ1) is 6.83. The van der Waals surface area contributed by atoms with Gasteiger partial charge in [0.05, 0.1) is 25.2 Å². The number of ether oxygens (including phenoxy) is 1. The van der Waals surface area contributed by atoms with Crippen molar-refractivity contribution in [1.82, 2.24) is 0 Å². The fraction of sp³-hybridized carbons (Fsp3) is 0.364. The fourth-order valence-electron chi connectivity index (χ4n) is 1.70. The summed E-state index contributed by atoms with van der Waals surface area (Å²) < 4.78 is 5.43. The maximum atomic E-state index is 9.68. The lowest BCUT2D eigenvalue weighted by molar-refractivity contribution is 0.178. The standard InChI is InChI=1S/C11H11NO2/c12-6-4-10(13)9-3-1-2-8-5-7-14-11(8)9/h1-3,10,13H,4-5,7H2. The number of rotatable bonds is 2. The molecule has 0 bridgehead atoms. The topological polar surface area (TPSA) is 53.2 Å². The van der Waals surface area contributed by atoms with Gasteiger partial charge < -0.3 is 9.84 Å². The molecule has 0 aliphatic carbocycles. The van der Waals surface area contributed by atoms with Crippen molar-refractivity contribution in [1.29, 1.82) is 5.26 Å². The Morgan fingerprint density at radius 2 is 2.43 bits per heavy atom. The van der Waals surface area contributed by atoms with Gasteiger partial charge >= 0.3 is 0 Å². The third-order valence-corrected chi connectivity index (χ3v) is 2.39. The molecule has 1 N–H and O–H groups in total. The summed E-state index contributed by atoms with van der Waals surface area (Å²) in [5, 5.41) is 18.2. The molecule has 0 fully saturated rings. The van der Waals surface area contributed by atoms with E-state index in [-0.39, 0.29) is 6.42 Å². The number of para-hydroxylation sites is 1. The Morgan fingerprint density at radius 3 is 3.21 bits per heavy atom. The van der Waals surface area contributed by atoms with E-state index in [0.29, 0.717) is 6.61 Å². The van der Waals surface area contributed by atoms with Crippen molar-refractivity contribution in [3.8, 4) is 11.8 Å². The van der Waals surface area contributed by atoms with Crippen LogP contribution in [0.4, 0.5) is 0 Å². The largest absolute Gasteiger partial charge is 0.493 e. The highest BCUT2D eigenvalue weighted by atomic mass is 16.5. The highest BCUT2D eigenvalue weighted by molar-refractivity contribution is 5.45. The van der Waals surface area contributed by atoms with Crippen LogP contribution in [0, 0.1) is 11.3 Å². The SMILES string of the molecule is N#CCC(O)c1cccc2c1OCC2. The molecule has 3 nitrogen and oxygen atoms in total. The van der Waals surface area contributed by atoms with Crippen molar-refractivity contribution in [2.45, 2.75) is 18.9 Å². The lowest BCUT2D eigenvalue weighted by atomic mass is 10.0. The van der Waals surface area contributed by atoms with Crippen molar-refractivity contribution < 1.29 is 9.84 Å². The molecule has 0 saturated heterocycles. The van der Waals surface area contributed by atoms with Crippen LogP contribution in [0.25, 0.3) is 0 Å². The maximum absolute atomic E-state index is 9.68. The summed E-state index contributed by atoms with van der Waals surface area (Å²) in [5.74, 6) is 0.773. The van der Waals surface area contributed by atoms with E-state index in [1.807, 2.05) is 24.3 Å². The molecule has 1 aromatic carbocycles. The van der Waals surface area contributed by atoms with Crippen LogP contribution in [0.3, 0.4) is 0 Å². The number of aliphatic hydroxyl groups is 1. The van der Waals surface area contributed by atoms with Gasteiger partial charge in [-0.25, -0.2) is 0 Å². The second-order valence-electron chi connectivity index (χ2n) is 3.31. The number of hydrogen-bond acceptors (Lipinski definition) is 3. The Hall–Kier alpha value is -1.53. The van der Waals surface area contributed by atoms with Crippen molar-refractivity contribution in [2.75, 3.05) is 6.61 Å². The predicted octanol–water partition coefficient (Wildman–Crippen LogP) is 1.57. The monoisotopic (exact) mass is 189 g/mol. The lowest BCUT2D eigenvalue weighted by Crippen LogP contribution is -1.99. The number of nitriles is 1. The summed E-state index contributed by atoms with van der Waals surface area (Å²) in [5.41, 5.74) is 1.86. The van der Waals surface area contributed by atoms with E-state index in [2.05, 4.69) is 0 Å². The molecule has 1 atom stereocenters. The summed E-state index contributed by atoms with van der Waals surface area (Å²) in [6.07, 6.45) is 0.274. The Kier molecular flexibility index (Phi) is 2.38. The highest BCUT2D eigenvalue weighted by Crippen LogP contribution is 2.34. The molecule has 3 heteroatoms. The van der Waals surface area contributed by atoms with Crippen LogP contribution in [0.15, 0.2) is 18.2 Å². The number of nitrogens with zero attached hydrogens (tertiary/aromatic N) is 1. The predicted molar refractivity (Wildman–Crippen MR) is 50.8 cm³/mol. The van der Waals surface area contributed by atoms with Crippen LogP contribution >= 0.6 is 0 Å². The summed E-state index contributed by atoms with van der Waals surface area (Å²) in [4.78, 5) is 0. The molecule has 0 spiro atoms. The van der Waals surface area contributed by atoms with Crippen LogP contribution in [0.1, 0.15) is 23.7 Å². The molecule has 1 aliphatic heterocycles. The number of benzene rings is 1. The quantitative estimate of drug-likeness (QED) is 0.768. The van der Waals surface area contributed by atoms with Crippen molar-refractivity contribution in [2.24, 2.45) is 0 Å². The number of fused-ring (bicyclic) bond motifs is 1. The van der Waals surface area contributed by atoms with Gasteiger partial charge in [0.1, 0.15) is 5.75 Å². The van der Waals surface area contributed by atoms with Crippen molar-refractivity contribution in [3.63, 3.8) is 0 Å². The zero-order chi connectivity index (χ0) is 9.97. The van der Waals surface area contributed by atoms with Gasteiger partial charge in [-0.05, 0) is 5.56 Å². The van der Waals surface area contributed by atoms with Gasteiger partial charge in [-0.1, -0.05) is 18.2 Å². The average Bonchev–Trinajstić information content (AvgIpc) is 2.65. The molecular formula is C11H11NO2. The minimum Gasteiger partial charge on any atom is -0.493 e. The van der Waals surface area contributed by atoms with Crippen LogP contribution in [-0.4, -0.2) is 11.7 Å². The zero-order valence-electron chi connectivity index (χ0n) is 7.73.